The van der Waals surface area contributed by atoms with Gasteiger partial charge in [0.25, 0.3) is 0 Å². The molecule has 0 fully saturated rings. The molecule has 0 spiro atoms. The third-order valence-corrected chi connectivity index (χ3v) is 3.11. The van der Waals surface area contributed by atoms with Gasteiger partial charge >= 0.3 is 42.7 Å². The van der Waals surface area contributed by atoms with Crippen molar-refractivity contribution < 1.29 is 64.1 Å². The van der Waals surface area contributed by atoms with Gasteiger partial charge in [-0.3, -0.25) is 0 Å². The van der Waals surface area contributed by atoms with Crippen molar-refractivity contribution in [1.29, 1.82) is 0 Å². The molecule has 0 bridgehead atoms. The quantitative estimate of drug-likeness (QED) is 0.633. The molecule has 1 N–H and O–H groups in total. The van der Waals surface area contributed by atoms with Crippen molar-refractivity contribution in [2.75, 3.05) is 0 Å². The second-order valence-electron chi connectivity index (χ2n) is 3.50. The molecule has 12 heteroatoms. The van der Waals surface area contributed by atoms with Gasteiger partial charge in [0.2, 0.25) is 0 Å². The summed E-state index contributed by atoms with van der Waals surface area (Å²) >= 11 is 0. The Labute approximate surface area is 160 Å². The van der Waals surface area contributed by atoms with E-state index in [9.17, 15) is 14.0 Å². The fourth-order valence-electron chi connectivity index (χ4n) is 1.32. The van der Waals surface area contributed by atoms with E-state index in [1.807, 2.05) is 12.1 Å². The van der Waals surface area contributed by atoms with Crippen LogP contribution in [0.15, 0.2) is 60.7 Å². The van der Waals surface area contributed by atoms with E-state index in [4.69, 9.17) is 19.6 Å². The molecule has 2 aromatic rings. The average Bonchev–Trinajstić information content (AvgIpc) is 2.48. The minimum absolute atomic E-state index is 0. The van der Waals surface area contributed by atoms with Crippen molar-refractivity contribution in [2.45, 2.75) is 0 Å². The SMILES string of the molecule is O=[P+]([O-])O[P+](=O)O.[O-]P([O-])[O-].[Zr+4].c1ccc(-c2ccccc2)cc1. The van der Waals surface area contributed by atoms with Crippen molar-refractivity contribution in [2.24, 2.45) is 0 Å². The number of hydrogen-bond acceptors (Lipinski definition) is 7. The van der Waals surface area contributed by atoms with E-state index in [1.54, 1.807) is 0 Å². The monoisotopic (exact) mass is 466 g/mol. The van der Waals surface area contributed by atoms with Crippen molar-refractivity contribution in [3.63, 3.8) is 0 Å². The smallest absolute Gasteiger partial charge is 0.854 e. The third kappa shape index (κ3) is 16.6. The van der Waals surface area contributed by atoms with E-state index in [0.717, 1.165) is 0 Å². The molecule has 0 aliphatic heterocycles. The van der Waals surface area contributed by atoms with Crippen LogP contribution in [-0.4, -0.2) is 4.89 Å². The molecule has 2 unspecified atom stereocenters. The van der Waals surface area contributed by atoms with Crippen LogP contribution in [0.5, 0.6) is 0 Å². The first kappa shape index (κ1) is 25.9. The molecule has 0 aliphatic rings. The van der Waals surface area contributed by atoms with Crippen molar-refractivity contribution >= 4 is 25.1 Å². The maximum Gasteiger partial charge on any atom is 4.00 e. The summed E-state index contributed by atoms with van der Waals surface area (Å²) in [5, 5.41) is 0. The summed E-state index contributed by atoms with van der Waals surface area (Å²) in [4.78, 5) is 42.4. The Morgan fingerprint density at radius 3 is 1.29 bits per heavy atom. The molecule has 24 heavy (non-hydrogen) atoms. The zero-order valence-corrected chi connectivity index (χ0v) is 17.1. The van der Waals surface area contributed by atoms with Crippen LogP contribution in [0.2, 0.25) is 0 Å². The summed E-state index contributed by atoms with van der Waals surface area (Å²) in [5.74, 6) is 0. The standard InChI is InChI=1S/C12H10.O5P2.O3P.Zr/c1-3-7-11(8-4-1)12-9-5-2-6-10-12;1-6(2)5-7(3)4;1-4(2)3;/h1-10H;;;/q;;-3;+4/p+1. The molecule has 2 aromatic carbocycles. The summed E-state index contributed by atoms with van der Waals surface area (Å²) in [6, 6.07) is 20.8. The fourth-order valence-corrected chi connectivity index (χ4v) is 1.77. The molecule has 0 amide bonds. The molecule has 2 atom stereocenters. The van der Waals surface area contributed by atoms with Crippen LogP contribution in [0.25, 0.3) is 11.1 Å². The molecule has 124 valence electrons. The maximum atomic E-state index is 9.35. The van der Waals surface area contributed by atoms with Crippen LogP contribution < -0.4 is 19.6 Å². The molecular formula is C12H11O8P3Zr+2. The van der Waals surface area contributed by atoms with Crippen molar-refractivity contribution in [1.82, 2.24) is 0 Å². The number of hydrogen-bond donors (Lipinski definition) is 1. The van der Waals surface area contributed by atoms with Crippen LogP contribution in [0, 0.1) is 0 Å². The number of rotatable bonds is 3. The van der Waals surface area contributed by atoms with Gasteiger partial charge < -0.3 is 28.2 Å². The van der Waals surface area contributed by atoms with E-state index < -0.39 is 25.1 Å². The third-order valence-electron chi connectivity index (χ3n) is 2.02. The summed E-state index contributed by atoms with van der Waals surface area (Å²) in [5.41, 5.74) is 2.55. The zero-order chi connectivity index (χ0) is 17.7. The average molecular weight is 467 g/mol. The summed E-state index contributed by atoms with van der Waals surface area (Å²) in [6.45, 7) is 0. The van der Waals surface area contributed by atoms with Gasteiger partial charge in [0.05, 0.1) is 0 Å². The Kier molecular flexibility index (Phi) is 17.5. The van der Waals surface area contributed by atoms with Crippen LogP contribution in [0.3, 0.4) is 0 Å². The van der Waals surface area contributed by atoms with Crippen LogP contribution in [0.1, 0.15) is 0 Å². The molecule has 0 heterocycles. The first-order chi connectivity index (χ1) is 10.8. The Morgan fingerprint density at radius 2 is 1.12 bits per heavy atom. The van der Waals surface area contributed by atoms with Gasteiger partial charge in [-0.2, -0.15) is 0 Å². The summed E-state index contributed by atoms with van der Waals surface area (Å²) in [6.07, 6.45) is 0. The Bertz CT molecular complexity index is 533. The summed E-state index contributed by atoms with van der Waals surface area (Å²) in [7, 11) is -9.53. The predicted octanol–water partition coefficient (Wildman–Crippen LogP) is 0.316. The van der Waals surface area contributed by atoms with Crippen LogP contribution in [-0.2, 0) is 39.6 Å². The van der Waals surface area contributed by atoms with E-state index in [1.165, 1.54) is 11.1 Å². The Hall–Kier alpha value is -0.287. The second-order valence-corrected chi connectivity index (χ2v) is 5.52. The Morgan fingerprint density at radius 1 is 0.833 bits per heavy atom. The number of benzene rings is 2. The molecule has 0 radical (unpaired) electrons. The minimum atomic E-state index is -3.37. The molecule has 0 aromatic heterocycles. The van der Waals surface area contributed by atoms with E-state index in [0.29, 0.717) is 0 Å². The molecule has 0 saturated carbocycles. The van der Waals surface area contributed by atoms with E-state index in [2.05, 4.69) is 52.8 Å². The summed E-state index contributed by atoms with van der Waals surface area (Å²) < 4.78 is 21.9. The van der Waals surface area contributed by atoms with Crippen LogP contribution in [0.4, 0.5) is 0 Å². The predicted molar refractivity (Wildman–Crippen MR) is 77.3 cm³/mol. The molecule has 8 nitrogen and oxygen atoms in total. The maximum absolute atomic E-state index is 9.35. The first-order valence-electron chi connectivity index (χ1n) is 5.73. The normalized spacial score (nSPS) is 10.2. The van der Waals surface area contributed by atoms with Gasteiger partial charge in [-0.25, -0.2) is 0 Å². The van der Waals surface area contributed by atoms with E-state index >= 15 is 0 Å². The topological polar surface area (TPSA) is 156 Å². The fraction of sp³-hybridized carbons (Fsp3) is 0. The van der Waals surface area contributed by atoms with Gasteiger partial charge in [-0.15, -0.1) is 4.89 Å². The van der Waals surface area contributed by atoms with Gasteiger partial charge in [0.1, 0.15) is 4.31 Å². The van der Waals surface area contributed by atoms with Gasteiger partial charge in [0, 0.05) is 4.57 Å². The van der Waals surface area contributed by atoms with Gasteiger partial charge in [-0.05, 0) is 15.7 Å². The second kappa shape index (κ2) is 16.2. The molecular weight excluding hydrogens is 456 g/mol. The van der Waals surface area contributed by atoms with Crippen molar-refractivity contribution in [3.05, 3.63) is 60.7 Å². The van der Waals surface area contributed by atoms with Crippen LogP contribution >= 0.6 is 25.1 Å². The van der Waals surface area contributed by atoms with Crippen molar-refractivity contribution in [3.8, 4) is 11.1 Å². The first-order valence-corrected chi connectivity index (χ1v) is 9.05. The minimum Gasteiger partial charge on any atom is -0.854 e. The molecule has 2 rings (SSSR count). The largest absolute Gasteiger partial charge is 4.00 e. The molecule has 0 aliphatic carbocycles. The Balaban J connectivity index is 0. The van der Waals surface area contributed by atoms with Gasteiger partial charge in [-0.1, -0.05) is 60.7 Å². The van der Waals surface area contributed by atoms with E-state index in [-0.39, 0.29) is 26.2 Å². The molecule has 0 saturated heterocycles. The van der Waals surface area contributed by atoms with Gasteiger partial charge in [0.15, 0.2) is 0 Å². The zero-order valence-electron chi connectivity index (χ0n) is 11.9.